The molecule has 0 atom stereocenters. The zero-order valence-corrected chi connectivity index (χ0v) is 21.6. The maximum Gasteiger partial charge on any atom is 0.305 e. The van der Waals surface area contributed by atoms with Crippen LogP contribution in [0.25, 0.3) is 6.08 Å². The first-order valence-corrected chi connectivity index (χ1v) is 12.4. The van der Waals surface area contributed by atoms with E-state index < -0.39 is 0 Å². The van der Waals surface area contributed by atoms with Crippen LogP contribution in [0.4, 0.5) is 0 Å². The summed E-state index contributed by atoms with van der Waals surface area (Å²) >= 11 is 10.2. The van der Waals surface area contributed by atoms with Crippen molar-refractivity contribution in [3.8, 4) is 11.5 Å². The first-order valence-electron chi connectivity index (χ1n) is 10.4. The normalized spacial score (nSPS) is 14.6. The minimum atomic E-state index is -0.273. The van der Waals surface area contributed by atoms with Gasteiger partial charge in [0.1, 0.15) is 10.9 Å². The minimum Gasteiger partial charge on any atom is -0.493 e. The predicted molar refractivity (Wildman–Crippen MR) is 137 cm³/mol. The van der Waals surface area contributed by atoms with E-state index in [0.717, 1.165) is 11.1 Å². The van der Waals surface area contributed by atoms with Gasteiger partial charge in [-0.3, -0.25) is 14.5 Å². The number of esters is 1. The van der Waals surface area contributed by atoms with Crippen molar-refractivity contribution in [3.05, 3.63) is 63.0 Å². The lowest BCUT2D eigenvalue weighted by Gasteiger charge is -2.14. The summed E-state index contributed by atoms with van der Waals surface area (Å²) in [5.41, 5.74) is 1.82. The summed E-state index contributed by atoms with van der Waals surface area (Å²) in [7, 11) is 1.57. The predicted octanol–water partition coefficient (Wildman–Crippen LogP) is 5.58. The molecule has 1 aliphatic heterocycles. The maximum absolute atomic E-state index is 12.9. The highest BCUT2D eigenvalue weighted by Gasteiger charge is 2.31. The van der Waals surface area contributed by atoms with E-state index in [1.165, 1.54) is 16.7 Å². The number of methoxy groups -OCH3 is 1. The van der Waals surface area contributed by atoms with Gasteiger partial charge in [-0.15, -0.1) is 0 Å². The Hall–Kier alpha value is -2.36. The van der Waals surface area contributed by atoms with E-state index in [4.69, 9.17) is 26.4 Å². The Morgan fingerprint density at radius 3 is 2.70 bits per heavy atom. The van der Waals surface area contributed by atoms with Gasteiger partial charge in [0, 0.05) is 13.0 Å². The number of halogens is 1. The average molecular weight is 550 g/mol. The Morgan fingerprint density at radius 2 is 2.00 bits per heavy atom. The first kappa shape index (κ1) is 25.3. The molecule has 174 valence electrons. The molecule has 0 saturated carbocycles. The Bertz CT molecular complexity index is 1060. The number of nitrogens with zero attached hydrogens (tertiary/aromatic N) is 1. The number of rotatable bonds is 10. The molecule has 0 aliphatic carbocycles. The number of thiocarbonyl (C=S) groups is 1. The number of benzene rings is 2. The lowest BCUT2D eigenvalue weighted by Crippen LogP contribution is -2.29. The van der Waals surface area contributed by atoms with Crippen LogP contribution >= 0.6 is 39.9 Å². The molecule has 0 N–H and O–H groups in total. The van der Waals surface area contributed by atoms with Crippen LogP contribution in [0.3, 0.4) is 0 Å². The SMILES string of the molecule is CCOC(=O)CCCN1C(=O)/C(=C/c2cc(Br)c(OCc3ccccc3)c(OC)c2)SC1=S. The molecule has 33 heavy (non-hydrogen) atoms. The lowest BCUT2D eigenvalue weighted by molar-refractivity contribution is -0.143. The fourth-order valence-electron chi connectivity index (χ4n) is 3.15. The van der Waals surface area contributed by atoms with Crippen LogP contribution in [0.5, 0.6) is 11.5 Å². The van der Waals surface area contributed by atoms with E-state index in [1.54, 1.807) is 20.1 Å². The Morgan fingerprint density at radius 1 is 1.24 bits per heavy atom. The summed E-state index contributed by atoms with van der Waals surface area (Å²) in [6, 6.07) is 13.5. The molecule has 3 rings (SSSR count). The highest BCUT2D eigenvalue weighted by atomic mass is 79.9. The third-order valence-corrected chi connectivity index (χ3v) is 6.68. The molecule has 0 bridgehead atoms. The van der Waals surface area contributed by atoms with Crippen LogP contribution in [0.1, 0.15) is 30.9 Å². The Kier molecular flexibility index (Phi) is 9.34. The zero-order chi connectivity index (χ0) is 23.8. The zero-order valence-electron chi connectivity index (χ0n) is 18.3. The number of thioether (sulfide) groups is 1. The number of carbonyl (C=O) groups excluding carboxylic acids is 2. The number of carbonyl (C=O) groups is 2. The molecule has 1 aliphatic rings. The summed E-state index contributed by atoms with van der Waals surface area (Å²) in [6.07, 6.45) is 2.52. The van der Waals surface area contributed by atoms with E-state index in [9.17, 15) is 9.59 Å². The summed E-state index contributed by atoms with van der Waals surface area (Å²) < 4.78 is 17.6. The van der Waals surface area contributed by atoms with Gasteiger partial charge in [-0.05, 0) is 58.6 Å². The Labute approximate surface area is 211 Å². The molecule has 0 aromatic heterocycles. The van der Waals surface area contributed by atoms with Crippen molar-refractivity contribution in [2.75, 3.05) is 20.3 Å². The summed E-state index contributed by atoms with van der Waals surface area (Å²) in [5, 5.41) is 0. The van der Waals surface area contributed by atoms with Gasteiger partial charge in [0.2, 0.25) is 0 Å². The second-order valence-electron chi connectivity index (χ2n) is 7.05. The van der Waals surface area contributed by atoms with Crippen molar-refractivity contribution in [3.63, 3.8) is 0 Å². The van der Waals surface area contributed by atoms with E-state index in [0.29, 0.717) is 51.4 Å². The van der Waals surface area contributed by atoms with Gasteiger partial charge < -0.3 is 14.2 Å². The smallest absolute Gasteiger partial charge is 0.305 e. The molecule has 0 radical (unpaired) electrons. The lowest BCUT2D eigenvalue weighted by atomic mass is 10.1. The van der Waals surface area contributed by atoms with Gasteiger partial charge >= 0.3 is 5.97 Å². The molecule has 9 heteroatoms. The van der Waals surface area contributed by atoms with E-state index in [2.05, 4.69) is 15.9 Å². The van der Waals surface area contributed by atoms with Gasteiger partial charge in [-0.1, -0.05) is 54.3 Å². The third-order valence-electron chi connectivity index (χ3n) is 4.72. The van der Waals surface area contributed by atoms with Crippen molar-refractivity contribution < 1.29 is 23.8 Å². The third kappa shape index (κ3) is 6.82. The van der Waals surface area contributed by atoms with Gasteiger partial charge in [-0.25, -0.2) is 0 Å². The van der Waals surface area contributed by atoms with Crippen molar-refractivity contribution in [1.29, 1.82) is 0 Å². The van der Waals surface area contributed by atoms with Crippen LogP contribution in [0, 0.1) is 0 Å². The molecule has 1 heterocycles. The molecule has 6 nitrogen and oxygen atoms in total. The molecule has 1 fully saturated rings. The molecule has 1 saturated heterocycles. The fraction of sp³-hybridized carbons (Fsp3) is 0.292. The monoisotopic (exact) mass is 549 g/mol. The van der Waals surface area contributed by atoms with E-state index >= 15 is 0 Å². The fourth-order valence-corrected chi connectivity index (χ4v) is 5.03. The summed E-state index contributed by atoms with van der Waals surface area (Å²) in [6.45, 7) is 2.89. The number of hydrogen-bond acceptors (Lipinski definition) is 7. The molecule has 2 aromatic rings. The minimum absolute atomic E-state index is 0.173. The highest BCUT2D eigenvalue weighted by Crippen LogP contribution is 2.39. The summed E-state index contributed by atoms with van der Waals surface area (Å²) in [4.78, 5) is 26.4. The van der Waals surface area contributed by atoms with E-state index in [1.807, 2.05) is 42.5 Å². The topological polar surface area (TPSA) is 65.1 Å². The highest BCUT2D eigenvalue weighted by molar-refractivity contribution is 9.10. The second kappa shape index (κ2) is 12.2. The molecular formula is C24H24BrNO5S2. The van der Waals surface area contributed by atoms with Gasteiger partial charge in [0.25, 0.3) is 5.91 Å². The van der Waals surface area contributed by atoms with Crippen molar-refractivity contribution >= 4 is 62.2 Å². The number of hydrogen-bond donors (Lipinski definition) is 0. The average Bonchev–Trinajstić information content (AvgIpc) is 3.06. The molecule has 0 unspecified atom stereocenters. The van der Waals surface area contributed by atoms with Gasteiger partial charge in [0.15, 0.2) is 11.5 Å². The second-order valence-corrected chi connectivity index (χ2v) is 9.58. The standard InChI is InChI=1S/C24H24BrNO5S2/c1-3-30-21(27)10-7-11-26-23(28)20(33-24(26)32)14-17-12-18(25)22(19(13-17)29-2)31-15-16-8-5-4-6-9-16/h4-6,8-9,12-14H,3,7,10-11,15H2,1-2H3/b20-14-. The van der Waals surface area contributed by atoms with Crippen molar-refractivity contribution in [1.82, 2.24) is 4.90 Å². The molecule has 2 aromatic carbocycles. The van der Waals surface area contributed by atoms with Crippen LogP contribution in [0.15, 0.2) is 51.8 Å². The van der Waals surface area contributed by atoms with Crippen LogP contribution in [0.2, 0.25) is 0 Å². The first-order chi connectivity index (χ1) is 15.9. The molecule has 0 spiro atoms. The van der Waals surface area contributed by atoms with Gasteiger partial charge in [0.05, 0.1) is 23.1 Å². The quantitative estimate of drug-likeness (QED) is 0.217. The van der Waals surface area contributed by atoms with E-state index in [-0.39, 0.29) is 18.3 Å². The number of ether oxygens (including phenoxy) is 3. The summed E-state index contributed by atoms with van der Waals surface area (Å²) in [5.74, 6) is 0.694. The van der Waals surface area contributed by atoms with Gasteiger partial charge in [-0.2, -0.15) is 0 Å². The Balaban J connectivity index is 1.70. The molecular weight excluding hydrogens is 526 g/mol. The largest absolute Gasteiger partial charge is 0.493 e. The molecule has 1 amide bonds. The van der Waals surface area contributed by atoms with Crippen LogP contribution in [-0.2, 0) is 20.9 Å². The van der Waals surface area contributed by atoms with Crippen molar-refractivity contribution in [2.45, 2.75) is 26.4 Å². The van der Waals surface area contributed by atoms with Crippen LogP contribution in [-0.4, -0.2) is 41.4 Å². The number of amides is 1. The van der Waals surface area contributed by atoms with Crippen molar-refractivity contribution in [2.24, 2.45) is 0 Å². The van der Waals surface area contributed by atoms with Crippen LogP contribution < -0.4 is 9.47 Å². The maximum atomic E-state index is 12.9.